The van der Waals surface area contributed by atoms with Crippen molar-refractivity contribution in [2.75, 3.05) is 20.1 Å². The van der Waals surface area contributed by atoms with Crippen molar-refractivity contribution in [3.63, 3.8) is 0 Å². The van der Waals surface area contributed by atoms with Gasteiger partial charge in [-0.15, -0.1) is 0 Å². The van der Waals surface area contributed by atoms with Crippen LogP contribution in [0.1, 0.15) is 24.6 Å². The maximum atomic E-state index is 9.70. The Balaban J connectivity index is 1.97. The Bertz CT molecular complexity index is 536. The molecule has 2 aromatic heterocycles. The van der Waals surface area contributed by atoms with Crippen molar-refractivity contribution in [1.82, 2.24) is 19.5 Å². The Morgan fingerprint density at radius 3 is 3.12 bits per heavy atom. The second kappa shape index (κ2) is 4.00. The zero-order valence-electron chi connectivity index (χ0n) is 9.87. The number of fused-ring (bicyclic) bond motifs is 1. The van der Waals surface area contributed by atoms with Gasteiger partial charge >= 0.3 is 0 Å². The highest BCUT2D eigenvalue weighted by Crippen LogP contribution is 2.25. The number of aromatic nitrogens is 3. The number of nitrogens with zero attached hydrogens (tertiary/aromatic N) is 4. The summed E-state index contributed by atoms with van der Waals surface area (Å²) in [4.78, 5) is 6.75. The van der Waals surface area contributed by atoms with Crippen LogP contribution in [-0.4, -0.2) is 44.7 Å². The fraction of sp³-hybridized carbons (Fsp3) is 0.500. The summed E-state index contributed by atoms with van der Waals surface area (Å²) in [5.74, 6) is 1.42. The Kier molecular flexibility index (Phi) is 2.48. The van der Waals surface area contributed by atoms with Crippen molar-refractivity contribution < 1.29 is 5.11 Å². The molecule has 90 valence electrons. The van der Waals surface area contributed by atoms with Crippen LogP contribution in [0.3, 0.4) is 0 Å². The minimum absolute atomic E-state index is 0.190. The second-order valence-corrected chi connectivity index (χ2v) is 4.73. The standard InChI is InChI=1S/C12H16N4O/c1-15-6-2-4-9(8-15)11-13-12-10(17)5-3-7-16(12)14-11/h3,5,7,9,17H,2,4,6,8H2,1H3. The molecule has 1 fully saturated rings. The molecule has 1 saturated heterocycles. The average molecular weight is 232 g/mol. The number of rotatable bonds is 1. The summed E-state index contributed by atoms with van der Waals surface area (Å²) in [6, 6.07) is 3.41. The van der Waals surface area contributed by atoms with Crippen molar-refractivity contribution in [3.05, 3.63) is 24.2 Å². The second-order valence-electron chi connectivity index (χ2n) is 4.73. The van der Waals surface area contributed by atoms with Crippen molar-refractivity contribution in [2.45, 2.75) is 18.8 Å². The van der Waals surface area contributed by atoms with Gasteiger partial charge in [-0.2, -0.15) is 5.10 Å². The molecular formula is C12H16N4O. The zero-order valence-corrected chi connectivity index (χ0v) is 9.87. The molecule has 2 aromatic rings. The van der Waals surface area contributed by atoms with E-state index in [0.717, 1.165) is 25.3 Å². The molecule has 1 unspecified atom stereocenters. The molecule has 5 heteroatoms. The first kappa shape index (κ1) is 10.5. The number of aromatic hydroxyl groups is 1. The van der Waals surface area contributed by atoms with Gasteiger partial charge in [0.1, 0.15) is 0 Å². The van der Waals surface area contributed by atoms with Crippen LogP contribution in [0.25, 0.3) is 5.65 Å². The van der Waals surface area contributed by atoms with Crippen molar-refractivity contribution in [3.8, 4) is 5.75 Å². The van der Waals surface area contributed by atoms with Crippen LogP contribution >= 0.6 is 0 Å². The number of piperidine rings is 1. The SMILES string of the molecule is CN1CCCC(c2nc3c(O)cccn3n2)C1. The quantitative estimate of drug-likeness (QED) is 0.804. The molecule has 0 aromatic carbocycles. The van der Waals surface area contributed by atoms with E-state index in [9.17, 15) is 5.11 Å². The van der Waals surface area contributed by atoms with Gasteiger partial charge in [0.2, 0.25) is 0 Å². The molecule has 0 amide bonds. The van der Waals surface area contributed by atoms with Crippen LogP contribution in [0.5, 0.6) is 5.75 Å². The first-order valence-electron chi connectivity index (χ1n) is 5.97. The Labute approximate surface area is 99.7 Å². The van der Waals surface area contributed by atoms with Gasteiger partial charge in [0.05, 0.1) is 0 Å². The van der Waals surface area contributed by atoms with Crippen LogP contribution < -0.4 is 0 Å². The van der Waals surface area contributed by atoms with E-state index in [0.29, 0.717) is 11.6 Å². The van der Waals surface area contributed by atoms with E-state index in [4.69, 9.17) is 0 Å². The molecule has 0 aliphatic carbocycles. The molecule has 17 heavy (non-hydrogen) atoms. The highest BCUT2D eigenvalue weighted by molar-refractivity contribution is 5.51. The lowest BCUT2D eigenvalue weighted by Gasteiger charge is -2.27. The lowest BCUT2D eigenvalue weighted by Crippen LogP contribution is -2.31. The predicted octanol–water partition coefficient (Wildman–Crippen LogP) is 1.24. The smallest absolute Gasteiger partial charge is 0.197 e. The average Bonchev–Trinajstić information content (AvgIpc) is 2.74. The maximum absolute atomic E-state index is 9.70. The van der Waals surface area contributed by atoms with Gasteiger partial charge < -0.3 is 10.0 Å². The number of hydrogen-bond acceptors (Lipinski definition) is 4. The summed E-state index contributed by atoms with van der Waals surface area (Å²) >= 11 is 0. The number of likely N-dealkylation sites (N-methyl/N-ethyl adjacent to an activating group) is 1. The van der Waals surface area contributed by atoms with Crippen molar-refractivity contribution in [2.24, 2.45) is 0 Å². The monoisotopic (exact) mass is 232 g/mol. The summed E-state index contributed by atoms with van der Waals surface area (Å²) in [5, 5.41) is 14.2. The molecule has 0 radical (unpaired) electrons. The van der Waals surface area contributed by atoms with E-state index in [2.05, 4.69) is 22.0 Å². The van der Waals surface area contributed by atoms with Gasteiger partial charge in [0.15, 0.2) is 17.2 Å². The fourth-order valence-corrected chi connectivity index (χ4v) is 2.46. The summed E-state index contributed by atoms with van der Waals surface area (Å²) < 4.78 is 1.65. The maximum Gasteiger partial charge on any atom is 0.197 e. The van der Waals surface area contributed by atoms with Gasteiger partial charge in [0, 0.05) is 18.7 Å². The van der Waals surface area contributed by atoms with Crippen LogP contribution in [0.4, 0.5) is 0 Å². The van der Waals surface area contributed by atoms with E-state index in [-0.39, 0.29) is 5.75 Å². The molecule has 0 spiro atoms. The lowest BCUT2D eigenvalue weighted by atomic mass is 9.98. The number of hydrogen-bond donors (Lipinski definition) is 1. The molecular weight excluding hydrogens is 216 g/mol. The molecule has 3 rings (SSSR count). The van der Waals surface area contributed by atoms with Crippen LogP contribution in [0.2, 0.25) is 0 Å². The van der Waals surface area contributed by atoms with E-state index < -0.39 is 0 Å². The molecule has 5 nitrogen and oxygen atoms in total. The molecule has 1 N–H and O–H groups in total. The van der Waals surface area contributed by atoms with Gasteiger partial charge in [-0.3, -0.25) is 0 Å². The third-order valence-corrected chi connectivity index (χ3v) is 3.35. The van der Waals surface area contributed by atoms with E-state index in [1.165, 1.54) is 6.42 Å². The largest absolute Gasteiger partial charge is 0.504 e. The first-order chi connectivity index (χ1) is 8.24. The molecule has 1 atom stereocenters. The van der Waals surface area contributed by atoms with E-state index in [1.807, 2.05) is 6.20 Å². The highest BCUT2D eigenvalue weighted by Gasteiger charge is 2.23. The first-order valence-corrected chi connectivity index (χ1v) is 5.97. The van der Waals surface area contributed by atoms with Gasteiger partial charge in [-0.1, -0.05) is 0 Å². The lowest BCUT2D eigenvalue weighted by molar-refractivity contribution is 0.246. The van der Waals surface area contributed by atoms with Crippen LogP contribution in [0.15, 0.2) is 18.3 Å². The molecule has 3 heterocycles. The third kappa shape index (κ3) is 1.86. The summed E-state index contributed by atoms with van der Waals surface area (Å²) in [6.45, 7) is 2.15. The minimum Gasteiger partial charge on any atom is -0.504 e. The molecule has 1 aliphatic rings. The number of likely N-dealkylation sites (tertiary alicyclic amines) is 1. The molecule has 0 bridgehead atoms. The Morgan fingerprint density at radius 1 is 1.47 bits per heavy atom. The summed E-state index contributed by atoms with van der Waals surface area (Å²) in [5.41, 5.74) is 0.552. The van der Waals surface area contributed by atoms with Gasteiger partial charge in [-0.05, 0) is 38.6 Å². The normalized spacial score (nSPS) is 22.1. The number of pyridine rings is 1. The zero-order chi connectivity index (χ0) is 11.8. The molecule has 0 saturated carbocycles. The summed E-state index contributed by atoms with van der Waals surface area (Å²) in [6.07, 6.45) is 4.13. The van der Waals surface area contributed by atoms with E-state index >= 15 is 0 Å². The third-order valence-electron chi connectivity index (χ3n) is 3.35. The van der Waals surface area contributed by atoms with E-state index in [1.54, 1.807) is 16.6 Å². The Hall–Kier alpha value is -1.62. The van der Waals surface area contributed by atoms with Gasteiger partial charge in [-0.25, -0.2) is 9.50 Å². The van der Waals surface area contributed by atoms with Crippen molar-refractivity contribution >= 4 is 5.65 Å². The van der Waals surface area contributed by atoms with Crippen LogP contribution in [0, 0.1) is 0 Å². The van der Waals surface area contributed by atoms with Crippen molar-refractivity contribution in [1.29, 1.82) is 0 Å². The minimum atomic E-state index is 0.190. The predicted molar refractivity (Wildman–Crippen MR) is 64.1 cm³/mol. The Morgan fingerprint density at radius 2 is 2.35 bits per heavy atom. The van der Waals surface area contributed by atoms with Crippen LogP contribution in [-0.2, 0) is 0 Å². The van der Waals surface area contributed by atoms with Gasteiger partial charge in [0.25, 0.3) is 0 Å². The fourth-order valence-electron chi connectivity index (χ4n) is 2.46. The summed E-state index contributed by atoms with van der Waals surface area (Å²) in [7, 11) is 2.12. The highest BCUT2D eigenvalue weighted by atomic mass is 16.3. The topological polar surface area (TPSA) is 53.7 Å². The molecule has 1 aliphatic heterocycles.